The van der Waals surface area contributed by atoms with Crippen molar-refractivity contribution in [3.8, 4) is 0 Å². The van der Waals surface area contributed by atoms with Gasteiger partial charge in [-0.05, 0) is 48.4 Å². The predicted molar refractivity (Wildman–Crippen MR) is 77.6 cm³/mol. The molecule has 1 nitrogen and oxygen atoms in total. The second-order valence-electron chi connectivity index (χ2n) is 5.85. The van der Waals surface area contributed by atoms with Gasteiger partial charge in [0.25, 0.3) is 0 Å². The lowest BCUT2D eigenvalue weighted by molar-refractivity contribution is 0.311. The Morgan fingerprint density at radius 3 is 2.78 bits per heavy atom. The van der Waals surface area contributed by atoms with Gasteiger partial charge in [-0.2, -0.15) is 0 Å². The van der Waals surface area contributed by atoms with Gasteiger partial charge in [-0.15, -0.1) is 0 Å². The van der Waals surface area contributed by atoms with Gasteiger partial charge in [0.1, 0.15) is 0 Å². The largest absolute Gasteiger partial charge is 0.252 e. The summed E-state index contributed by atoms with van der Waals surface area (Å²) in [5.41, 5.74) is 3.59. The number of pyridine rings is 1. The molecule has 0 aliphatic heterocycles. The molecule has 1 aliphatic carbocycles. The molecule has 0 spiro atoms. The molecular weight excluding hydrogens is 265 g/mol. The molecule has 0 saturated heterocycles. The van der Waals surface area contributed by atoms with Crippen LogP contribution in [0, 0.1) is 5.41 Å². The number of benzene rings is 1. The first-order chi connectivity index (χ1) is 8.46. The van der Waals surface area contributed by atoms with Crippen LogP contribution < -0.4 is 0 Å². The van der Waals surface area contributed by atoms with Crippen molar-refractivity contribution in [2.24, 2.45) is 5.41 Å². The Hall–Kier alpha value is -0.790. The van der Waals surface area contributed by atoms with Crippen LogP contribution in [0.3, 0.4) is 0 Å². The number of aromatic nitrogens is 1. The van der Waals surface area contributed by atoms with Crippen LogP contribution in [0.4, 0.5) is 0 Å². The van der Waals surface area contributed by atoms with Gasteiger partial charge in [0, 0.05) is 16.1 Å². The van der Waals surface area contributed by atoms with Crippen LogP contribution in [0.15, 0.2) is 18.2 Å². The van der Waals surface area contributed by atoms with E-state index in [0.717, 1.165) is 34.5 Å². The summed E-state index contributed by atoms with van der Waals surface area (Å²) in [7, 11) is 0. The van der Waals surface area contributed by atoms with Gasteiger partial charge in [-0.25, -0.2) is 0 Å². The fourth-order valence-corrected chi connectivity index (χ4v) is 3.22. The summed E-state index contributed by atoms with van der Waals surface area (Å²) < 4.78 is 0. The zero-order chi connectivity index (χ0) is 12.9. The Morgan fingerprint density at radius 2 is 2.00 bits per heavy atom. The minimum absolute atomic E-state index is 0.315. The number of hydrogen-bond acceptors (Lipinski definition) is 1. The number of halogens is 2. The summed E-state index contributed by atoms with van der Waals surface area (Å²) in [6, 6.07) is 5.73. The molecule has 0 saturated carbocycles. The molecule has 0 fully saturated rings. The van der Waals surface area contributed by atoms with E-state index >= 15 is 0 Å². The zero-order valence-corrected chi connectivity index (χ0v) is 12.1. The summed E-state index contributed by atoms with van der Waals surface area (Å²) in [6.07, 6.45) is 3.18. The molecule has 94 valence electrons. The highest BCUT2D eigenvalue weighted by atomic mass is 35.5. The Labute approximate surface area is 117 Å². The van der Waals surface area contributed by atoms with E-state index in [0.29, 0.717) is 10.4 Å². The van der Waals surface area contributed by atoms with E-state index in [2.05, 4.69) is 13.8 Å². The van der Waals surface area contributed by atoms with Crippen LogP contribution in [0.5, 0.6) is 0 Å². The summed E-state index contributed by atoms with van der Waals surface area (Å²) in [6.45, 7) is 4.57. The third kappa shape index (κ3) is 2.00. The number of nitrogens with zero attached hydrogens (tertiary/aromatic N) is 1. The highest BCUT2D eigenvalue weighted by Gasteiger charge is 2.28. The third-order valence-corrected chi connectivity index (χ3v) is 4.43. The van der Waals surface area contributed by atoms with Gasteiger partial charge in [0.15, 0.2) is 0 Å². The molecule has 1 aromatic carbocycles. The Morgan fingerprint density at radius 1 is 1.22 bits per heavy atom. The zero-order valence-electron chi connectivity index (χ0n) is 10.6. The molecule has 0 unspecified atom stereocenters. The Bertz CT molecular complexity index is 632. The summed E-state index contributed by atoms with van der Waals surface area (Å²) in [5.74, 6) is 0. The lowest BCUT2D eigenvalue weighted by Crippen LogP contribution is -2.23. The molecule has 0 atom stereocenters. The average Bonchev–Trinajstić information content (AvgIpc) is 2.27. The minimum Gasteiger partial charge on any atom is -0.252 e. The summed E-state index contributed by atoms with van der Waals surface area (Å²) >= 11 is 12.5. The first kappa shape index (κ1) is 12.3. The van der Waals surface area contributed by atoms with Crippen molar-refractivity contribution < 1.29 is 0 Å². The standard InChI is InChI=1S/C15H15Cl2N/c1-15(2)6-5-11-13(8-15)18-12-7-9(16)3-4-10(12)14(11)17/h3-4,7H,5-6,8H2,1-2H3. The fraction of sp³-hybridized carbons (Fsp3) is 0.400. The smallest absolute Gasteiger partial charge is 0.0735 e. The minimum atomic E-state index is 0.315. The lowest BCUT2D eigenvalue weighted by Gasteiger charge is -2.31. The molecule has 2 aromatic rings. The van der Waals surface area contributed by atoms with Gasteiger partial charge < -0.3 is 0 Å². The van der Waals surface area contributed by atoms with Crippen LogP contribution in [0.1, 0.15) is 31.5 Å². The molecule has 0 bridgehead atoms. The van der Waals surface area contributed by atoms with Gasteiger partial charge >= 0.3 is 0 Å². The molecule has 0 amide bonds. The molecule has 3 rings (SSSR count). The van der Waals surface area contributed by atoms with Gasteiger partial charge in [0.05, 0.1) is 10.5 Å². The second-order valence-corrected chi connectivity index (χ2v) is 6.67. The van der Waals surface area contributed by atoms with Crippen molar-refractivity contribution in [1.29, 1.82) is 0 Å². The highest BCUT2D eigenvalue weighted by molar-refractivity contribution is 6.37. The van der Waals surface area contributed by atoms with E-state index < -0.39 is 0 Å². The van der Waals surface area contributed by atoms with E-state index in [1.54, 1.807) is 0 Å². The average molecular weight is 280 g/mol. The summed E-state index contributed by atoms with van der Waals surface area (Å²) in [5, 5.41) is 2.59. The number of rotatable bonds is 0. The lowest BCUT2D eigenvalue weighted by atomic mass is 9.76. The van der Waals surface area contributed by atoms with Gasteiger partial charge in [-0.1, -0.05) is 37.0 Å². The van der Waals surface area contributed by atoms with Crippen LogP contribution in [-0.2, 0) is 12.8 Å². The first-order valence-corrected chi connectivity index (χ1v) is 6.98. The third-order valence-electron chi connectivity index (χ3n) is 3.76. The first-order valence-electron chi connectivity index (χ1n) is 6.23. The van der Waals surface area contributed by atoms with Gasteiger partial charge in [-0.3, -0.25) is 4.98 Å². The van der Waals surface area contributed by atoms with E-state index in [1.165, 1.54) is 12.0 Å². The van der Waals surface area contributed by atoms with Crippen LogP contribution in [0.25, 0.3) is 10.9 Å². The molecule has 1 aromatic heterocycles. The molecule has 0 radical (unpaired) electrons. The monoisotopic (exact) mass is 279 g/mol. The maximum Gasteiger partial charge on any atom is 0.0735 e. The molecule has 3 heteroatoms. The van der Waals surface area contributed by atoms with Crippen LogP contribution >= 0.6 is 23.2 Å². The van der Waals surface area contributed by atoms with Crippen molar-refractivity contribution in [2.75, 3.05) is 0 Å². The van der Waals surface area contributed by atoms with Crippen LogP contribution in [0.2, 0.25) is 10.0 Å². The highest BCUT2D eigenvalue weighted by Crippen LogP contribution is 2.39. The maximum atomic E-state index is 6.52. The van der Waals surface area contributed by atoms with Crippen LogP contribution in [-0.4, -0.2) is 4.98 Å². The van der Waals surface area contributed by atoms with E-state index in [9.17, 15) is 0 Å². The second kappa shape index (κ2) is 4.11. The molecule has 18 heavy (non-hydrogen) atoms. The van der Waals surface area contributed by atoms with Crippen molar-refractivity contribution >= 4 is 34.1 Å². The number of fused-ring (bicyclic) bond motifs is 2. The van der Waals surface area contributed by atoms with Crippen molar-refractivity contribution in [3.05, 3.63) is 39.5 Å². The quantitative estimate of drug-likeness (QED) is 0.657. The molecular formula is C15H15Cl2N. The van der Waals surface area contributed by atoms with Crippen molar-refractivity contribution in [1.82, 2.24) is 4.98 Å². The maximum absolute atomic E-state index is 6.52. The molecule has 0 N–H and O–H groups in total. The number of hydrogen-bond donors (Lipinski definition) is 0. The Kier molecular flexibility index (Phi) is 2.80. The van der Waals surface area contributed by atoms with E-state index in [1.807, 2.05) is 18.2 Å². The fourth-order valence-electron chi connectivity index (χ4n) is 2.69. The summed E-state index contributed by atoms with van der Waals surface area (Å²) in [4.78, 5) is 4.76. The Balaban J connectivity index is 2.26. The van der Waals surface area contributed by atoms with Crippen molar-refractivity contribution in [2.45, 2.75) is 33.1 Å². The van der Waals surface area contributed by atoms with Gasteiger partial charge in [0.2, 0.25) is 0 Å². The van der Waals surface area contributed by atoms with E-state index in [4.69, 9.17) is 28.2 Å². The predicted octanol–water partition coefficient (Wildman–Crippen LogP) is 5.06. The SMILES string of the molecule is CC1(C)CCc2c(nc3cc(Cl)ccc3c2Cl)C1. The van der Waals surface area contributed by atoms with E-state index in [-0.39, 0.29) is 0 Å². The van der Waals surface area contributed by atoms with Crippen molar-refractivity contribution in [3.63, 3.8) is 0 Å². The normalized spacial score (nSPS) is 17.8. The molecule has 1 heterocycles. The molecule has 1 aliphatic rings. The topological polar surface area (TPSA) is 12.9 Å².